The van der Waals surface area contributed by atoms with Crippen molar-refractivity contribution in [2.45, 2.75) is 0 Å². The first-order valence-corrected chi connectivity index (χ1v) is 9.17. The van der Waals surface area contributed by atoms with Crippen LogP contribution in [0.15, 0.2) is 66.7 Å². The van der Waals surface area contributed by atoms with Crippen LogP contribution in [0.2, 0.25) is 0 Å². The van der Waals surface area contributed by atoms with Crippen molar-refractivity contribution in [3.8, 4) is 11.5 Å². The fourth-order valence-corrected chi connectivity index (χ4v) is 3.14. The van der Waals surface area contributed by atoms with Crippen molar-refractivity contribution >= 4 is 29.0 Å². The van der Waals surface area contributed by atoms with E-state index in [0.29, 0.717) is 28.5 Å². The van der Waals surface area contributed by atoms with Gasteiger partial charge in [0.15, 0.2) is 17.3 Å². The van der Waals surface area contributed by atoms with Crippen LogP contribution in [0, 0.1) is 0 Å². The molecule has 0 unspecified atom stereocenters. The van der Waals surface area contributed by atoms with E-state index < -0.39 is 0 Å². The minimum atomic E-state index is -0.00970. The van der Waals surface area contributed by atoms with E-state index in [0.717, 1.165) is 16.6 Å². The molecule has 3 aromatic carbocycles. The molecule has 1 aromatic heterocycles. The SMILES string of the molecule is COc1ccc(C=Cc2nc3ccc(C(=O)c4ccccc4)cc3[nH]2)cc1OC. The van der Waals surface area contributed by atoms with Crippen LogP contribution in [0.4, 0.5) is 0 Å². The Morgan fingerprint density at radius 1 is 0.862 bits per heavy atom. The molecule has 0 bridgehead atoms. The molecule has 29 heavy (non-hydrogen) atoms. The predicted octanol–water partition coefficient (Wildman–Crippen LogP) is 4.98. The highest BCUT2D eigenvalue weighted by atomic mass is 16.5. The molecule has 0 aliphatic rings. The minimum Gasteiger partial charge on any atom is -0.493 e. The number of aromatic amines is 1. The van der Waals surface area contributed by atoms with E-state index in [2.05, 4.69) is 9.97 Å². The summed E-state index contributed by atoms with van der Waals surface area (Å²) < 4.78 is 10.6. The lowest BCUT2D eigenvalue weighted by Gasteiger charge is -2.07. The zero-order valence-electron chi connectivity index (χ0n) is 16.2. The zero-order valence-corrected chi connectivity index (χ0v) is 16.2. The number of hydrogen-bond donors (Lipinski definition) is 1. The van der Waals surface area contributed by atoms with E-state index in [1.54, 1.807) is 20.3 Å². The van der Waals surface area contributed by atoms with Gasteiger partial charge in [-0.15, -0.1) is 0 Å². The number of ketones is 1. The highest BCUT2D eigenvalue weighted by Gasteiger charge is 2.10. The van der Waals surface area contributed by atoms with Crippen molar-refractivity contribution in [2.24, 2.45) is 0 Å². The molecule has 0 aliphatic heterocycles. The Morgan fingerprint density at radius 3 is 2.41 bits per heavy atom. The number of carbonyl (C=O) groups is 1. The van der Waals surface area contributed by atoms with Gasteiger partial charge in [0.05, 0.1) is 25.3 Å². The van der Waals surface area contributed by atoms with E-state index in [1.165, 1.54) is 0 Å². The molecule has 144 valence electrons. The first-order valence-electron chi connectivity index (χ1n) is 9.17. The Bertz CT molecular complexity index is 1190. The molecule has 0 atom stereocenters. The average molecular weight is 384 g/mol. The van der Waals surface area contributed by atoms with E-state index in [4.69, 9.17) is 9.47 Å². The second-order valence-electron chi connectivity index (χ2n) is 6.50. The normalized spacial score (nSPS) is 11.1. The van der Waals surface area contributed by atoms with Crippen molar-refractivity contribution in [1.29, 1.82) is 0 Å². The Balaban J connectivity index is 1.59. The molecule has 0 fully saturated rings. The summed E-state index contributed by atoms with van der Waals surface area (Å²) in [6.45, 7) is 0. The summed E-state index contributed by atoms with van der Waals surface area (Å²) in [6.07, 6.45) is 3.83. The van der Waals surface area contributed by atoms with Crippen LogP contribution < -0.4 is 9.47 Å². The monoisotopic (exact) mass is 384 g/mol. The number of fused-ring (bicyclic) bond motifs is 1. The molecule has 0 spiro atoms. The minimum absolute atomic E-state index is 0.00970. The van der Waals surface area contributed by atoms with Gasteiger partial charge in [-0.3, -0.25) is 4.79 Å². The number of nitrogens with one attached hydrogen (secondary N) is 1. The number of nitrogens with zero attached hydrogens (tertiary/aromatic N) is 1. The largest absolute Gasteiger partial charge is 0.493 e. The number of carbonyl (C=O) groups excluding carboxylic acids is 1. The van der Waals surface area contributed by atoms with Gasteiger partial charge in [-0.05, 0) is 42.0 Å². The van der Waals surface area contributed by atoms with Gasteiger partial charge in [0.2, 0.25) is 0 Å². The maximum absolute atomic E-state index is 12.6. The zero-order chi connectivity index (χ0) is 20.2. The van der Waals surface area contributed by atoms with Crippen molar-refractivity contribution in [1.82, 2.24) is 9.97 Å². The van der Waals surface area contributed by atoms with Gasteiger partial charge in [-0.25, -0.2) is 4.98 Å². The van der Waals surface area contributed by atoms with E-state index in [-0.39, 0.29) is 5.78 Å². The maximum atomic E-state index is 12.6. The molecule has 0 saturated carbocycles. The molecule has 0 radical (unpaired) electrons. The molecule has 1 heterocycles. The molecule has 1 N–H and O–H groups in total. The molecule has 5 heteroatoms. The third-order valence-electron chi connectivity index (χ3n) is 4.64. The third-order valence-corrected chi connectivity index (χ3v) is 4.64. The smallest absolute Gasteiger partial charge is 0.193 e. The topological polar surface area (TPSA) is 64.2 Å². The summed E-state index contributed by atoms with van der Waals surface area (Å²) in [7, 11) is 3.22. The van der Waals surface area contributed by atoms with Crippen molar-refractivity contribution in [2.75, 3.05) is 14.2 Å². The van der Waals surface area contributed by atoms with Crippen molar-refractivity contribution in [3.05, 3.63) is 89.2 Å². The number of aromatic nitrogens is 2. The molecule has 4 aromatic rings. The summed E-state index contributed by atoms with van der Waals surface area (Å²) >= 11 is 0. The summed E-state index contributed by atoms with van der Waals surface area (Å²) in [5, 5.41) is 0. The fraction of sp³-hybridized carbons (Fsp3) is 0.0833. The van der Waals surface area contributed by atoms with Gasteiger partial charge >= 0.3 is 0 Å². The van der Waals surface area contributed by atoms with Crippen LogP contribution in [-0.2, 0) is 0 Å². The van der Waals surface area contributed by atoms with Gasteiger partial charge in [-0.1, -0.05) is 42.5 Å². The van der Waals surface area contributed by atoms with Crippen LogP contribution in [0.25, 0.3) is 23.2 Å². The summed E-state index contributed by atoms with van der Waals surface area (Å²) in [5.41, 5.74) is 3.88. The summed E-state index contributed by atoms with van der Waals surface area (Å²) in [6, 6.07) is 20.4. The predicted molar refractivity (Wildman–Crippen MR) is 114 cm³/mol. The molecule has 0 amide bonds. The summed E-state index contributed by atoms with van der Waals surface area (Å²) in [4.78, 5) is 20.5. The fourth-order valence-electron chi connectivity index (χ4n) is 3.14. The van der Waals surface area contributed by atoms with Gasteiger partial charge in [0.25, 0.3) is 0 Å². The Morgan fingerprint density at radius 2 is 1.66 bits per heavy atom. The number of imidazole rings is 1. The molecule has 5 nitrogen and oxygen atoms in total. The van der Waals surface area contributed by atoms with E-state index in [1.807, 2.05) is 72.8 Å². The lowest BCUT2D eigenvalue weighted by molar-refractivity contribution is 0.103. The van der Waals surface area contributed by atoms with E-state index in [9.17, 15) is 4.79 Å². The van der Waals surface area contributed by atoms with Crippen LogP contribution in [0.5, 0.6) is 11.5 Å². The third kappa shape index (κ3) is 3.89. The van der Waals surface area contributed by atoms with Crippen LogP contribution in [0.1, 0.15) is 27.3 Å². The van der Waals surface area contributed by atoms with Crippen LogP contribution in [0.3, 0.4) is 0 Å². The lowest BCUT2D eigenvalue weighted by Crippen LogP contribution is -2.00. The molecule has 0 saturated heterocycles. The molecule has 4 rings (SSSR count). The quantitative estimate of drug-likeness (QED) is 0.476. The molecular weight excluding hydrogens is 364 g/mol. The number of methoxy groups -OCH3 is 2. The highest BCUT2D eigenvalue weighted by molar-refractivity contribution is 6.10. The van der Waals surface area contributed by atoms with Gasteiger partial charge in [0, 0.05) is 11.1 Å². The first kappa shape index (κ1) is 18.5. The number of benzene rings is 3. The van der Waals surface area contributed by atoms with Crippen molar-refractivity contribution in [3.63, 3.8) is 0 Å². The maximum Gasteiger partial charge on any atom is 0.193 e. The molecule has 0 aliphatic carbocycles. The standard InChI is InChI=1S/C24H20N2O3/c1-28-21-12-8-16(14-22(21)29-2)9-13-23-25-19-11-10-18(15-20(19)26-23)24(27)17-6-4-3-5-7-17/h3-15H,1-2H3,(H,25,26). The van der Waals surface area contributed by atoms with Gasteiger partial charge in [0.1, 0.15) is 5.82 Å². The van der Waals surface area contributed by atoms with E-state index >= 15 is 0 Å². The Kier molecular flexibility index (Phi) is 5.12. The molecular formula is C24H20N2O3. The summed E-state index contributed by atoms with van der Waals surface area (Å²) in [5.74, 6) is 2.05. The number of ether oxygens (including phenoxy) is 2. The second-order valence-corrected chi connectivity index (χ2v) is 6.50. The Labute approximate surface area is 168 Å². The van der Waals surface area contributed by atoms with Gasteiger partial charge in [-0.2, -0.15) is 0 Å². The number of hydrogen-bond acceptors (Lipinski definition) is 4. The van der Waals surface area contributed by atoms with Crippen LogP contribution >= 0.6 is 0 Å². The highest BCUT2D eigenvalue weighted by Crippen LogP contribution is 2.28. The van der Waals surface area contributed by atoms with Crippen molar-refractivity contribution < 1.29 is 14.3 Å². The first-order chi connectivity index (χ1) is 14.2. The number of rotatable bonds is 6. The number of H-pyrrole nitrogens is 1. The second kappa shape index (κ2) is 8.02. The Hall–Kier alpha value is -3.86. The average Bonchev–Trinajstić information content (AvgIpc) is 3.19. The van der Waals surface area contributed by atoms with Gasteiger partial charge < -0.3 is 14.5 Å². The lowest BCUT2D eigenvalue weighted by atomic mass is 10.0. The van der Waals surface area contributed by atoms with Crippen LogP contribution in [-0.4, -0.2) is 30.0 Å².